The topological polar surface area (TPSA) is 79.3 Å². The lowest BCUT2D eigenvalue weighted by molar-refractivity contribution is -0.127. The van der Waals surface area contributed by atoms with E-state index in [1.54, 1.807) is 35.4 Å². The number of para-hydroxylation sites is 1. The maximum absolute atomic E-state index is 12.6. The van der Waals surface area contributed by atoms with E-state index >= 15 is 0 Å². The molecule has 2 aliphatic heterocycles. The van der Waals surface area contributed by atoms with Crippen molar-refractivity contribution in [2.75, 3.05) is 18.4 Å². The van der Waals surface area contributed by atoms with E-state index in [4.69, 9.17) is 11.6 Å². The Morgan fingerprint density at radius 1 is 1.30 bits per heavy atom. The molecule has 2 amide bonds. The summed E-state index contributed by atoms with van der Waals surface area (Å²) < 4.78 is 1.85. The summed E-state index contributed by atoms with van der Waals surface area (Å²) in [6.45, 7) is 2.46. The van der Waals surface area contributed by atoms with Crippen LogP contribution in [0.2, 0.25) is 5.02 Å². The maximum atomic E-state index is 12.6. The summed E-state index contributed by atoms with van der Waals surface area (Å²) in [6.07, 6.45) is 6.15. The smallest absolute Gasteiger partial charge is 0.273 e. The van der Waals surface area contributed by atoms with Crippen molar-refractivity contribution in [1.82, 2.24) is 19.8 Å². The first-order valence-corrected chi connectivity index (χ1v) is 9.30. The first kappa shape index (κ1) is 17.8. The van der Waals surface area contributed by atoms with E-state index in [9.17, 15) is 9.59 Å². The van der Waals surface area contributed by atoms with Gasteiger partial charge in [0.25, 0.3) is 5.91 Å². The van der Waals surface area contributed by atoms with E-state index < -0.39 is 0 Å². The van der Waals surface area contributed by atoms with Crippen LogP contribution in [-0.2, 0) is 17.9 Å². The van der Waals surface area contributed by atoms with Gasteiger partial charge in [-0.15, -0.1) is 0 Å². The molecule has 0 bridgehead atoms. The Bertz CT molecular complexity index is 903. The van der Waals surface area contributed by atoms with Crippen molar-refractivity contribution in [2.45, 2.75) is 25.6 Å². The minimum Gasteiger partial charge on any atom is -0.330 e. The van der Waals surface area contributed by atoms with E-state index in [2.05, 4.69) is 15.6 Å². The quantitative estimate of drug-likeness (QED) is 0.789. The lowest BCUT2D eigenvalue weighted by Crippen LogP contribution is -2.42. The molecule has 1 atom stereocenters. The predicted molar refractivity (Wildman–Crippen MR) is 103 cm³/mol. The molecule has 1 aromatic heterocycles. The number of carbonyl (C=O) groups excluding carboxylic acids is 2. The zero-order valence-electron chi connectivity index (χ0n) is 14.7. The number of nitrogens with one attached hydrogen (secondary N) is 2. The number of aromatic nitrogens is 2. The average molecular weight is 386 g/mol. The van der Waals surface area contributed by atoms with E-state index in [1.165, 1.54) is 0 Å². The molecule has 0 saturated carbocycles. The molecular formula is C19H20ClN5O2. The second-order valence-electron chi connectivity index (χ2n) is 6.61. The van der Waals surface area contributed by atoms with Crippen molar-refractivity contribution in [1.29, 1.82) is 0 Å². The Labute approximate surface area is 162 Å². The van der Waals surface area contributed by atoms with Crippen LogP contribution in [0.3, 0.4) is 0 Å². The van der Waals surface area contributed by atoms with Crippen LogP contribution in [-0.4, -0.2) is 45.4 Å². The fourth-order valence-electron chi connectivity index (χ4n) is 3.16. The minimum atomic E-state index is -0.266. The molecule has 0 spiro atoms. The highest BCUT2D eigenvalue weighted by Crippen LogP contribution is 2.22. The summed E-state index contributed by atoms with van der Waals surface area (Å²) in [5.74, 6) is 0.409. The van der Waals surface area contributed by atoms with Crippen molar-refractivity contribution in [2.24, 2.45) is 0 Å². The third-order valence-electron chi connectivity index (χ3n) is 4.86. The van der Waals surface area contributed by atoms with Gasteiger partial charge < -0.3 is 20.1 Å². The summed E-state index contributed by atoms with van der Waals surface area (Å²) in [7, 11) is 0. The molecule has 2 aliphatic rings. The molecule has 3 heterocycles. The Morgan fingerprint density at radius 2 is 2.11 bits per heavy atom. The van der Waals surface area contributed by atoms with E-state index in [-0.39, 0.29) is 11.8 Å². The maximum Gasteiger partial charge on any atom is 0.273 e. The molecule has 7 nitrogen and oxygen atoms in total. The molecule has 0 unspecified atom stereocenters. The number of hydrogen-bond acceptors (Lipinski definition) is 4. The summed E-state index contributed by atoms with van der Waals surface area (Å²) in [4.78, 5) is 31.0. The summed E-state index contributed by atoms with van der Waals surface area (Å²) >= 11 is 6.10. The van der Waals surface area contributed by atoms with Crippen LogP contribution < -0.4 is 10.6 Å². The van der Waals surface area contributed by atoms with Gasteiger partial charge in [0.2, 0.25) is 5.91 Å². The number of hydrogen-bond donors (Lipinski definition) is 2. The normalized spacial score (nSPS) is 18.9. The van der Waals surface area contributed by atoms with Gasteiger partial charge in [-0.1, -0.05) is 29.8 Å². The van der Waals surface area contributed by atoms with Crippen molar-refractivity contribution >= 4 is 29.1 Å². The van der Waals surface area contributed by atoms with Gasteiger partial charge in [-0.25, -0.2) is 4.98 Å². The first-order chi connectivity index (χ1) is 13.1. The highest BCUT2D eigenvalue weighted by Gasteiger charge is 2.25. The van der Waals surface area contributed by atoms with Gasteiger partial charge in [-0.3, -0.25) is 9.59 Å². The predicted octanol–water partition coefficient (Wildman–Crippen LogP) is 2.05. The molecule has 1 fully saturated rings. The standard InChI is InChI=1S/C19H20ClN5O2/c20-14-3-1-2-4-15(14)23-19(27)16-11-22-17-12-24(9-10-25(16)17)18(26)6-5-13-7-8-21-13/h1-6,11,13,21H,7-10,12H2,(H,23,27)/b6-5+/t13-/m0/s1. The number of rotatable bonds is 4. The van der Waals surface area contributed by atoms with E-state index in [1.807, 2.05) is 16.7 Å². The Hall–Kier alpha value is -2.64. The molecule has 4 rings (SSSR count). The third-order valence-corrected chi connectivity index (χ3v) is 5.19. The molecule has 1 saturated heterocycles. The fraction of sp³-hybridized carbons (Fsp3) is 0.316. The number of benzene rings is 1. The van der Waals surface area contributed by atoms with Crippen LogP contribution in [0.4, 0.5) is 5.69 Å². The van der Waals surface area contributed by atoms with Gasteiger partial charge in [0, 0.05) is 25.2 Å². The van der Waals surface area contributed by atoms with Crippen LogP contribution in [0.5, 0.6) is 0 Å². The Morgan fingerprint density at radius 3 is 2.85 bits per heavy atom. The van der Waals surface area contributed by atoms with Gasteiger partial charge in [-0.05, 0) is 25.1 Å². The van der Waals surface area contributed by atoms with Gasteiger partial charge in [-0.2, -0.15) is 0 Å². The van der Waals surface area contributed by atoms with Crippen molar-refractivity contribution in [3.63, 3.8) is 0 Å². The second kappa shape index (κ2) is 7.54. The SMILES string of the molecule is O=C(Nc1ccccc1Cl)c1cnc2n1CCN(C(=O)/C=C/[C@H]1CCN1)C2. The van der Waals surface area contributed by atoms with Gasteiger partial charge in [0.1, 0.15) is 11.5 Å². The molecule has 27 heavy (non-hydrogen) atoms. The molecule has 0 aliphatic carbocycles. The molecule has 0 radical (unpaired) electrons. The summed E-state index contributed by atoms with van der Waals surface area (Å²) in [6, 6.07) is 7.39. The number of nitrogens with zero attached hydrogens (tertiary/aromatic N) is 3. The monoisotopic (exact) mass is 385 g/mol. The molecule has 2 N–H and O–H groups in total. The van der Waals surface area contributed by atoms with Crippen LogP contribution >= 0.6 is 11.6 Å². The number of imidazole rings is 1. The highest BCUT2D eigenvalue weighted by molar-refractivity contribution is 6.33. The zero-order valence-corrected chi connectivity index (χ0v) is 15.4. The first-order valence-electron chi connectivity index (χ1n) is 8.92. The fourth-order valence-corrected chi connectivity index (χ4v) is 3.34. The van der Waals surface area contributed by atoms with E-state index in [0.29, 0.717) is 47.9 Å². The van der Waals surface area contributed by atoms with Crippen LogP contribution in [0.1, 0.15) is 22.7 Å². The van der Waals surface area contributed by atoms with Crippen molar-refractivity contribution in [3.05, 3.63) is 59.2 Å². The third kappa shape index (κ3) is 3.74. The number of carbonyl (C=O) groups is 2. The molecule has 2 aromatic rings. The molecule has 8 heteroatoms. The lowest BCUT2D eigenvalue weighted by atomic mass is 10.1. The summed E-state index contributed by atoms with van der Waals surface area (Å²) in [5.41, 5.74) is 1.02. The second-order valence-corrected chi connectivity index (χ2v) is 7.02. The Kier molecular flexibility index (Phi) is 4.96. The molecule has 1 aromatic carbocycles. The van der Waals surface area contributed by atoms with Crippen LogP contribution in [0, 0.1) is 0 Å². The van der Waals surface area contributed by atoms with Crippen LogP contribution in [0.15, 0.2) is 42.6 Å². The summed E-state index contributed by atoms with van der Waals surface area (Å²) in [5, 5.41) is 6.52. The molecule has 140 valence electrons. The van der Waals surface area contributed by atoms with Crippen molar-refractivity contribution in [3.8, 4) is 0 Å². The Balaban J connectivity index is 1.43. The molecular weight excluding hydrogens is 366 g/mol. The number of anilines is 1. The lowest BCUT2D eigenvalue weighted by Gasteiger charge is -2.28. The minimum absolute atomic E-state index is 0.0278. The number of amides is 2. The van der Waals surface area contributed by atoms with Gasteiger partial charge in [0.05, 0.1) is 23.5 Å². The highest BCUT2D eigenvalue weighted by atomic mass is 35.5. The average Bonchev–Trinajstić information content (AvgIpc) is 3.05. The van der Waals surface area contributed by atoms with E-state index in [0.717, 1.165) is 13.0 Å². The number of fused-ring (bicyclic) bond motifs is 1. The van der Waals surface area contributed by atoms with Crippen LogP contribution in [0.25, 0.3) is 0 Å². The van der Waals surface area contributed by atoms with Gasteiger partial charge >= 0.3 is 0 Å². The largest absolute Gasteiger partial charge is 0.330 e. The van der Waals surface area contributed by atoms with Crippen molar-refractivity contribution < 1.29 is 9.59 Å². The zero-order chi connectivity index (χ0) is 18.8. The van der Waals surface area contributed by atoms with Gasteiger partial charge in [0.15, 0.2) is 0 Å². The number of halogens is 1.